The first-order chi connectivity index (χ1) is 14.1. The van der Waals surface area contributed by atoms with Crippen LogP contribution in [0.2, 0.25) is 5.02 Å². The number of carbonyl (C=O) groups is 1. The van der Waals surface area contributed by atoms with E-state index in [0.717, 1.165) is 16.7 Å². The average Bonchev–Trinajstić information content (AvgIpc) is 2.74. The number of fused-ring (bicyclic) bond motifs is 1. The van der Waals surface area contributed by atoms with Crippen molar-refractivity contribution in [2.45, 2.75) is 13.3 Å². The lowest BCUT2D eigenvalue weighted by atomic mass is 10.2. The van der Waals surface area contributed by atoms with Crippen molar-refractivity contribution in [3.05, 3.63) is 59.2 Å². The molecule has 0 bridgehead atoms. The third-order valence-electron chi connectivity index (χ3n) is 4.24. The number of para-hydroxylation sites is 1. The van der Waals surface area contributed by atoms with Crippen molar-refractivity contribution in [1.29, 1.82) is 0 Å². The van der Waals surface area contributed by atoms with Gasteiger partial charge in [-0.2, -0.15) is 0 Å². The molecule has 0 spiro atoms. The molecule has 0 saturated carbocycles. The van der Waals surface area contributed by atoms with Gasteiger partial charge in [0, 0.05) is 23.7 Å². The quantitative estimate of drug-likeness (QED) is 0.522. The molecule has 0 unspecified atom stereocenters. The van der Waals surface area contributed by atoms with Crippen LogP contribution in [0.5, 0.6) is 17.2 Å². The van der Waals surface area contributed by atoms with Gasteiger partial charge in [0.2, 0.25) is 0 Å². The molecular formula is C22H23ClN2O4. The van der Waals surface area contributed by atoms with Crippen molar-refractivity contribution in [3.63, 3.8) is 0 Å². The maximum absolute atomic E-state index is 12.4. The average molecular weight is 415 g/mol. The van der Waals surface area contributed by atoms with Crippen LogP contribution in [0.3, 0.4) is 0 Å². The Morgan fingerprint density at radius 2 is 1.97 bits per heavy atom. The zero-order chi connectivity index (χ0) is 20.6. The third-order valence-corrected chi connectivity index (χ3v) is 4.52. The number of pyridine rings is 1. The molecule has 1 heterocycles. The number of ether oxygens (including phenoxy) is 3. The van der Waals surface area contributed by atoms with Crippen molar-refractivity contribution in [2.24, 2.45) is 0 Å². The first kappa shape index (κ1) is 20.7. The Bertz CT molecular complexity index is 988. The number of carbonyl (C=O) groups excluding carboxylic acids is 1. The topological polar surface area (TPSA) is 69.7 Å². The molecule has 0 fully saturated rings. The SMILES string of the molecule is CCOc1c(Cl)cc(C(=O)NCCCOc2cccc3cccnc23)cc1OC. The molecule has 0 aliphatic heterocycles. The van der Waals surface area contributed by atoms with E-state index in [0.29, 0.717) is 48.3 Å². The lowest BCUT2D eigenvalue weighted by Crippen LogP contribution is -2.25. The number of methoxy groups -OCH3 is 1. The summed E-state index contributed by atoms with van der Waals surface area (Å²) < 4.78 is 16.6. The number of nitrogens with one attached hydrogen (secondary N) is 1. The summed E-state index contributed by atoms with van der Waals surface area (Å²) in [6.07, 6.45) is 2.39. The number of hydrogen-bond acceptors (Lipinski definition) is 5. The zero-order valence-electron chi connectivity index (χ0n) is 16.4. The van der Waals surface area contributed by atoms with Gasteiger partial charge in [0.05, 0.1) is 25.3 Å². The molecule has 1 aromatic heterocycles. The number of benzene rings is 2. The Morgan fingerprint density at radius 1 is 1.14 bits per heavy atom. The van der Waals surface area contributed by atoms with Crippen LogP contribution in [-0.4, -0.2) is 37.8 Å². The van der Waals surface area contributed by atoms with Crippen LogP contribution in [0.4, 0.5) is 0 Å². The van der Waals surface area contributed by atoms with Crippen molar-refractivity contribution in [2.75, 3.05) is 26.9 Å². The van der Waals surface area contributed by atoms with Gasteiger partial charge in [-0.1, -0.05) is 29.8 Å². The summed E-state index contributed by atoms with van der Waals surface area (Å²) >= 11 is 6.22. The number of halogens is 1. The maximum atomic E-state index is 12.4. The molecule has 0 aliphatic rings. The highest BCUT2D eigenvalue weighted by Crippen LogP contribution is 2.36. The molecule has 1 amide bonds. The Kier molecular flexibility index (Phi) is 7.14. The fourth-order valence-electron chi connectivity index (χ4n) is 2.89. The summed E-state index contributed by atoms with van der Waals surface area (Å²) in [6, 6.07) is 12.9. The summed E-state index contributed by atoms with van der Waals surface area (Å²) in [5, 5.41) is 4.23. The predicted octanol–water partition coefficient (Wildman–Crippen LogP) is 4.49. The largest absolute Gasteiger partial charge is 0.493 e. The molecule has 7 heteroatoms. The summed E-state index contributed by atoms with van der Waals surface area (Å²) in [6.45, 7) is 3.23. The maximum Gasteiger partial charge on any atom is 0.251 e. The van der Waals surface area contributed by atoms with Crippen LogP contribution in [0.25, 0.3) is 10.9 Å². The van der Waals surface area contributed by atoms with E-state index in [1.54, 1.807) is 18.3 Å². The number of aromatic nitrogens is 1. The number of amides is 1. The van der Waals surface area contributed by atoms with E-state index in [4.69, 9.17) is 25.8 Å². The highest BCUT2D eigenvalue weighted by Gasteiger charge is 2.15. The van der Waals surface area contributed by atoms with Crippen LogP contribution in [0.15, 0.2) is 48.7 Å². The van der Waals surface area contributed by atoms with E-state index in [2.05, 4.69) is 10.3 Å². The summed E-state index contributed by atoms with van der Waals surface area (Å²) in [4.78, 5) is 16.8. The molecule has 2 aromatic carbocycles. The zero-order valence-corrected chi connectivity index (χ0v) is 17.2. The Labute approximate surface area is 174 Å². The van der Waals surface area contributed by atoms with E-state index in [-0.39, 0.29) is 5.91 Å². The van der Waals surface area contributed by atoms with E-state index >= 15 is 0 Å². The Hall–Kier alpha value is -2.99. The third kappa shape index (κ3) is 5.09. The van der Waals surface area contributed by atoms with Gasteiger partial charge in [0.1, 0.15) is 11.3 Å². The van der Waals surface area contributed by atoms with Crippen molar-refractivity contribution >= 4 is 28.4 Å². The summed E-state index contributed by atoms with van der Waals surface area (Å²) in [5.74, 6) is 1.36. The van der Waals surface area contributed by atoms with Crippen LogP contribution in [-0.2, 0) is 0 Å². The summed E-state index contributed by atoms with van der Waals surface area (Å²) in [5.41, 5.74) is 1.24. The van der Waals surface area contributed by atoms with Crippen LogP contribution in [0.1, 0.15) is 23.7 Å². The minimum Gasteiger partial charge on any atom is -0.493 e. The standard InChI is InChI=1S/C22H23ClN2O4/c1-3-28-21-17(23)13-16(14-19(21)27-2)22(26)25-11-6-12-29-18-9-4-7-15-8-5-10-24-20(15)18/h4-5,7-10,13-14H,3,6,11-12H2,1-2H3,(H,25,26). The van der Waals surface area contributed by atoms with E-state index < -0.39 is 0 Å². The molecule has 0 radical (unpaired) electrons. The van der Waals surface area contributed by atoms with E-state index in [1.165, 1.54) is 7.11 Å². The van der Waals surface area contributed by atoms with Crippen LogP contribution >= 0.6 is 11.6 Å². The molecule has 0 atom stereocenters. The van der Waals surface area contributed by atoms with Gasteiger partial charge in [0.25, 0.3) is 5.91 Å². The minimum atomic E-state index is -0.236. The minimum absolute atomic E-state index is 0.236. The fraction of sp³-hybridized carbons (Fsp3) is 0.273. The monoisotopic (exact) mass is 414 g/mol. The predicted molar refractivity (Wildman–Crippen MR) is 113 cm³/mol. The molecule has 29 heavy (non-hydrogen) atoms. The highest BCUT2D eigenvalue weighted by molar-refractivity contribution is 6.32. The van der Waals surface area contributed by atoms with Gasteiger partial charge in [-0.25, -0.2) is 0 Å². The van der Waals surface area contributed by atoms with Gasteiger partial charge in [-0.05, 0) is 37.6 Å². The molecule has 152 valence electrons. The van der Waals surface area contributed by atoms with Gasteiger partial charge in [-0.15, -0.1) is 0 Å². The van der Waals surface area contributed by atoms with E-state index in [9.17, 15) is 4.79 Å². The lowest BCUT2D eigenvalue weighted by molar-refractivity contribution is 0.0951. The molecule has 3 rings (SSSR count). The van der Waals surface area contributed by atoms with Crippen LogP contribution < -0.4 is 19.5 Å². The second kappa shape index (κ2) is 9.98. The molecule has 3 aromatic rings. The Balaban J connectivity index is 1.53. The van der Waals surface area contributed by atoms with Gasteiger partial charge < -0.3 is 19.5 Å². The fourth-order valence-corrected chi connectivity index (χ4v) is 3.15. The molecule has 6 nitrogen and oxygen atoms in total. The van der Waals surface area contributed by atoms with Crippen molar-refractivity contribution in [3.8, 4) is 17.2 Å². The molecule has 0 aliphatic carbocycles. The number of rotatable bonds is 9. The van der Waals surface area contributed by atoms with Gasteiger partial charge >= 0.3 is 0 Å². The van der Waals surface area contributed by atoms with Gasteiger partial charge in [0.15, 0.2) is 11.5 Å². The Morgan fingerprint density at radius 3 is 2.76 bits per heavy atom. The first-order valence-corrected chi connectivity index (χ1v) is 9.77. The smallest absolute Gasteiger partial charge is 0.251 e. The molecule has 1 N–H and O–H groups in total. The highest BCUT2D eigenvalue weighted by atomic mass is 35.5. The van der Waals surface area contributed by atoms with Gasteiger partial charge in [-0.3, -0.25) is 9.78 Å². The van der Waals surface area contributed by atoms with Crippen molar-refractivity contribution in [1.82, 2.24) is 10.3 Å². The normalized spacial score (nSPS) is 10.6. The molecular weight excluding hydrogens is 392 g/mol. The summed E-state index contributed by atoms with van der Waals surface area (Å²) in [7, 11) is 1.51. The van der Waals surface area contributed by atoms with Crippen molar-refractivity contribution < 1.29 is 19.0 Å². The first-order valence-electron chi connectivity index (χ1n) is 9.39. The molecule has 0 saturated heterocycles. The van der Waals surface area contributed by atoms with Crippen LogP contribution in [0, 0.1) is 0 Å². The second-order valence-electron chi connectivity index (χ2n) is 6.21. The van der Waals surface area contributed by atoms with E-state index in [1.807, 2.05) is 37.3 Å². The number of hydrogen-bond donors (Lipinski definition) is 1. The lowest BCUT2D eigenvalue weighted by Gasteiger charge is -2.13. The number of nitrogens with zero attached hydrogens (tertiary/aromatic N) is 1. The second-order valence-corrected chi connectivity index (χ2v) is 6.62.